The van der Waals surface area contributed by atoms with Gasteiger partial charge in [-0.3, -0.25) is 0 Å². The quantitative estimate of drug-likeness (QED) is 0.327. The SMILES string of the molecule is OCCOCCOCOCCOCCO. The van der Waals surface area contributed by atoms with E-state index in [2.05, 4.69) is 0 Å². The molecule has 0 heterocycles. The molecule has 0 aromatic rings. The number of ether oxygens (including phenoxy) is 4. The smallest absolute Gasteiger partial charge is 0.146 e. The Bertz CT molecular complexity index is 98.8. The van der Waals surface area contributed by atoms with Gasteiger partial charge in [0.05, 0.1) is 52.9 Å². The molecule has 0 saturated carbocycles. The Labute approximate surface area is 89.7 Å². The van der Waals surface area contributed by atoms with Crippen molar-refractivity contribution in [3.63, 3.8) is 0 Å². The molecule has 0 atom stereocenters. The molecule has 0 bridgehead atoms. The first-order valence-electron chi connectivity index (χ1n) is 4.94. The minimum absolute atomic E-state index is 0.0265. The fourth-order valence-electron chi connectivity index (χ4n) is 0.746. The molecular weight excluding hydrogens is 204 g/mol. The third-order valence-corrected chi connectivity index (χ3v) is 1.38. The zero-order valence-corrected chi connectivity index (χ0v) is 8.89. The molecule has 0 aliphatic rings. The van der Waals surface area contributed by atoms with Crippen LogP contribution in [-0.2, 0) is 18.9 Å². The van der Waals surface area contributed by atoms with Crippen molar-refractivity contribution in [3.8, 4) is 0 Å². The number of rotatable bonds is 12. The zero-order chi connectivity index (χ0) is 11.2. The van der Waals surface area contributed by atoms with E-state index in [0.29, 0.717) is 39.6 Å². The monoisotopic (exact) mass is 224 g/mol. The zero-order valence-electron chi connectivity index (χ0n) is 8.89. The van der Waals surface area contributed by atoms with E-state index in [4.69, 9.17) is 29.2 Å². The first-order valence-corrected chi connectivity index (χ1v) is 4.94. The Kier molecular flexibility index (Phi) is 13.5. The Hall–Kier alpha value is -0.240. The van der Waals surface area contributed by atoms with Crippen LogP contribution in [0.2, 0.25) is 0 Å². The summed E-state index contributed by atoms with van der Waals surface area (Å²) in [4.78, 5) is 0. The molecule has 0 fully saturated rings. The van der Waals surface area contributed by atoms with Gasteiger partial charge in [0.2, 0.25) is 0 Å². The molecule has 0 aromatic carbocycles. The molecule has 6 heteroatoms. The molecule has 6 nitrogen and oxygen atoms in total. The molecule has 0 rings (SSSR count). The number of hydrogen-bond acceptors (Lipinski definition) is 6. The molecule has 92 valence electrons. The standard InChI is InChI=1S/C9H20O6/c10-1-3-12-5-7-14-9-15-8-6-13-4-2-11/h10-11H,1-9H2. The van der Waals surface area contributed by atoms with E-state index in [9.17, 15) is 0 Å². The first kappa shape index (κ1) is 14.8. The first-order chi connectivity index (χ1) is 7.41. The molecule has 2 N–H and O–H groups in total. The van der Waals surface area contributed by atoms with Gasteiger partial charge in [-0.05, 0) is 0 Å². The van der Waals surface area contributed by atoms with Gasteiger partial charge >= 0.3 is 0 Å². The molecule has 0 unspecified atom stereocenters. The van der Waals surface area contributed by atoms with Crippen molar-refractivity contribution in [2.75, 3.05) is 59.6 Å². The van der Waals surface area contributed by atoms with Crippen LogP contribution in [0, 0.1) is 0 Å². The average molecular weight is 224 g/mol. The molecule has 0 amide bonds. The summed E-state index contributed by atoms with van der Waals surface area (Å²) in [7, 11) is 0. The fourth-order valence-corrected chi connectivity index (χ4v) is 0.746. The van der Waals surface area contributed by atoms with Crippen LogP contribution in [0.3, 0.4) is 0 Å². The molecule has 0 aliphatic carbocycles. The number of hydrogen-bond donors (Lipinski definition) is 2. The van der Waals surface area contributed by atoms with Gasteiger partial charge in [0.1, 0.15) is 6.79 Å². The average Bonchev–Trinajstić information content (AvgIpc) is 2.26. The van der Waals surface area contributed by atoms with E-state index in [-0.39, 0.29) is 20.0 Å². The van der Waals surface area contributed by atoms with Gasteiger partial charge in [-0.2, -0.15) is 0 Å². The van der Waals surface area contributed by atoms with E-state index >= 15 is 0 Å². The van der Waals surface area contributed by atoms with Crippen LogP contribution in [-0.4, -0.2) is 69.9 Å². The summed E-state index contributed by atoms with van der Waals surface area (Å²) >= 11 is 0. The second kappa shape index (κ2) is 13.8. The third-order valence-electron chi connectivity index (χ3n) is 1.38. The molecule has 0 aliphatic heterocycles. The van der Waals surface area contributed by atoms with Crippen LogP contribution in [0.1, 0.15) is 0 Å². The third kappa shape index (κ3) is 13.8. The summed E-state index contributed by atoms with van der Waals surface area (Å²) in [5.74, 6) is 0. The lowest BCUT2D eigenvalue weighted by Crippen LogP contribution is -2.12. The maximum atomic E-state index is 8.39. The van der Waals surface area contributed by atoms with Crippen LogP contribution in [0.5, 0.6) is 0 Å². The lowest BCUT2D eigenvalue weighted by molar-refractivity contribution is -0.0835. The van der Waals surface area contributed by atoms with Crippen LogP contribution in [0.4, 0.5) is 0 Å². The highest BCUT2D eigenvalue weighted by atomic mass is 16.7. The highest BCUT2D eigenvalue weighted by molar-refractivity contribution is 4.30. The van der Waals surface area contributed by atoms with Crippen LogP contribution in [0.25, 0.3) is 0 Å². The Balaban J connectivity index is 2.81. The van der Waals surface area contributed by atoms with Crippen LogP contribution in [0.15, 0.2) is 0 Å². The summed E-state index contributed by atoms with van der Waals surface area (Å²) in [5.41, 5.74) is 0. The fraction of sp³-hybridized carbons (Fsp3) is 1.00. The molecule has 0 radical (unpaired) electrons. The van der Waals surface area contributed by atoms with Crippen molar-refractivity contribution >= 4 is 0 Å². The minimum atomic E-state index is 0.0265. The number of aliphatic hydroxyl groups excluding tert-OH is 2. The Morgan fingerprint density at radius 2 is 0.933 bits per heavy atom. The summed E-state index contributed by atoms with van der Waals surface area (Å²) in [6.07, 6.45) is 0. The van der Waals surface area contributed by atoms with E-state index in [1.165, 1.54) is 0 Å². The van der Waals surface area contributed by atoms with E-state index in [1.54, 1.807) is 0 Å². The van der Waals surface area contributed by atoms with Crippen molar-refractivity contribution in [3.05, 3.63) is 0 Å². The van der Waals surface area contributed by atoms with Crippen molar-refractivity contribution in [1.29, 1.82) is 0 Å². The molecule has 0 saturated heterocycles. The topological polar surface area (TPSA) is 77.4 Å². The van der Waals surface area contributed by atoms with Crippen molar-refractivity contribution in [2.24, 2.45) is 0 Å². The van der Waals surface area contributed by atoms with Gasteiger partial charge in [-0.1, -0.05) is 0 Å². The maximum Gasteiger partial charge on any atom is 0.146 e. The van der Waals surface area contributed by atoms with E-state index in [0.717, 1.165) is 0 Å². The summed E-state index contributed by atoms with van der Waals surface area (Å²) in [6, 6.07) is 0. The number of aliphatic hydroxyl groups is 2. The lowest BCUT2D eigenvalue weighted by atomic mass is 10.7. The minimum Gasteiger partial charge on any atom is -0.394 e. The second-order valence-electron chi connectivity index (χ2n) is 2.61. The summed E-state index contributed by atoms with van der Waals surface area (Å²) < 4.78 is 20.0. The largest absolute Gasteiger partial charge is 0.394 e. The Morgan fingerprint density at radius 1 is 0.533 bits per heavy atom. The molecule has 0 spiro atoms. The summed E-state index contributed by atoms with van der Waals surface area (Å²) in [5, 5.41) is 16.8. The van der Waals surface area contributed by atoms with Gasteiger partial charge in [0.15, 0.2) is 0 Å². The molecular formula is C9H20O6. The van der Waals surface area contributed by atoms with E-state index < -0.39 is 0 Å². The second-order valence-corrected chi connectivity index (χ2v) is 2.61. The highest BCUT2D eigenvalue weighted by Gasteiger charge is 1.90. The van der Waals surface area contributed by atoms with Crippen LogP contribution < -0.4 is 0 Å². The Morgan fingerprint density at radius 3 is 1.33 bits per heavy atom. The van der Waals surface area contributed by atoms with Gasteiger partial charge in [0.25, 0.3) is 0 Å². The predicted octanol–water partition coefficient (Wildman–Crippen LogP) is -1.01. The lowest BCUT2D eigenvalue weighted by Gasteiger charge is -2.06. The van der Waals surface area contributed by atoms with Gasteiger partial charge < -0.3 is 29.2 Å². The molecule has 15 heavy (non-hydrogen) atoms. The van der Waals surface area contributed by atoms with Crippen molar-refractivity contribution in [1.82, 2.24) is 0 Å². The van der Waals surface area contributed by atoms with Crippen LogP contribution >= 0.6 is 0 Å². The predicted molar refractivity (Wildman–Crippen MR) is 52.6 cm³/mol. The maximum absolute atomic E-state index is 8.39. The van der Waals surface area contributed by atoms with Gasteiger partial charge in [0, 0.05) is 0 Å². The van der Waals surface area contributed by atoms with E-state index in [1.807, 2.05) is 0 Å². The highest BCUT2D eigenvalue weighted by Crippen LogP contribution is 1.82. The van der Waals surface area contributed by atoms with Gasteiger partial charge in [-0.15, -0.1) is 0 Å². The van der Waals surface area contributed by atoms with Gasteiger partial charge in [-0.25, -0.2) is 0 Å². The molecule has 0 aromatic heterocycles. The van der Waals surface area contributed by atoms with Crippen molar-refractivity contribution < 1.29 is 29.2 Å². The van der Waals surface area contributed by atoms with Crippen molar-refractivity contribution in [2.45, 2.75) is 0 Å². The normalized spacial score (nSPS) is 10.8. The summed E-state index contributed by atoms with van der Waals surface area (Å²) in [6.45, 7) is 2.70.